The van der Waals surface area contributed by atoms with Crippen molar-refractivity contribution in [2.45, 2.75) is 26.8 Å². The van der Waals surface area contributed by atoms with E-state index in [2.05, 4.69) is 25.5 Å². The van der Waals surface area contributed by atoms with Crippen LogP contribution in [0, 0.1) is 19.7 Å². The Bertz CT molecular complexity index is 1220. The number of pyridine rings is 1. The molecular weight excluding hydrogens is 395 g/mol. The van der Waals surface area contributed by atoms with E-state index in [1.807, 2.05) is 55.8 Å². The predicted molar refractivity (Wildman–Crippen MR) is 117 cm³/mol. The molecule has 0 aliphatic carbocycles. The fourth-order valence-electron chi connectivity index (χ4n) is 3.29. The maximum Gasteiger partial charge on any atom is 0.238 e. The minimum atomic E-state index is -0.265. The molecule has 1 N–H and O–H groups in total. The number of hydrogen-bond donors (Lipinski definition) is 1. The van der Waals surface area contributed by atoms with Crippen LogP contribution in [-0.4, -0.2) is 31.8 Å². The van der Waals surface area contributed by atoms with Gasteiger partial charge in [0.15, 0.2) is 5.82 Å². The summed E-state index contributed by atoms with van der Waals surface area (Å²) in [7, 11) is 1.58. The lowest BCUT2D eigenvalue weighted by Crippen LogP contribution is -2.10. The van der Waals surface area contributed by atoms with Crippen LogP contribution in [-0.2, 0) is 0 Å². The summed E-state index contributed by atoms with van der Waals surface area (Å²) in [4.78, 5) is 8.85. The van der Waals surface area contributed by atoms with E-state index >= 15 is 0 Å². The van der Waals surface area contributed by atoms with Crippen molar-refractivity contribution in [3.8, 4) is 23.0 Å². The van der Waals surface area contributed by atoms with E-state index in [1.165, 1.54) is 12.1 Å². The van der Waals surface area contributed by atoms with Gasteiger partial charge >= 0.3 is 0 Å². The molecule has 3 aromatic heterocycles. The Morgan fingerprint density at radius 1 is 1.06 bits per heavy atom. The van der Waals surface area contributed by atoms with Gasteiger partial charge in [-0.1, -0.05) is 12.1 Å². The average molecular weight is 418 g/mol. The molecular formula is C23H23FN6O. The summed E-state index contributed by atoms with van der Waals surface area (Å²) >= 11 is 0. The molecule has 0 aliphatic heterocycles. The van der Waals surface area contributed by atoms with Crippen molar-refractivity contribution in [1.82, 2.24) is 24.7 Å². The lowest BCUT2D eigenvalue weighted by Gasteiger charge is -2.16. The first-order valence-corrected chi connectivity index (χ1v) is 9.87. The number of imidazole rings is 1. The number of aromatic nitrogens is 5. The monoisotopic (exact) mass is 418 g/mol. The standard InChI is InChI=1S/C23H23FN6O/c1-14-10-20(28-29-22(14)26-16(3)17-6-5-7-18(24)11-17)19-8-9-21(23(27-19)31-4)30-12-15(2)25-13-30/h5-13,16H,1-4H3,(H,26,29)/t16-/m0/s1. The maximum atomic E-state index is 13.5. The maximum absolute atomic E-state index is 13.5. The van der Waals surface area contributed by atoms with Crippen LogP contribution >= 0.6 is 0 Å². The van der Waals surface area contributed by atoms with Crippen molar-refractivity contribution >= 4 is 5.82 Å². The molecule has 1 atom stereocenters. The number of hydrogen-bond acceptors (Lipinski definition) is 6. The summed E-state index contributed by atoms with van der Waals surface area (Å²) in [6.45, 7) is 5.82. The number of aryl methyl sites for hydroxylation is 2. The number of benzene rings is 1. The molecule has 0 bridgehead atoms. The fraction of sp³-hybridized carbons (Fsp3) is 0.217. The third kappa shape index (κ3) is 4.37. The molecule has 0 amide bonds. The Morgan fingerprint density at radius 3 is 2.58 bits per heavy atom. The molecule has 3 heterocycles. The second kappa shape index (κ2) is 8.51. The summed E-state index contributed by atoms with van der Waals surface area (Å²) in [5, 5.41) is 12.0. The van der Waals surface area contributed by atoms with Gasteiger partial charge in [0, 0.05) is 6.20 Å². The Kier molecular flexibility index (Phi) is 5.62. The zero-order valence-corrected chi connectivity index (χ0v) is 17.8. The minimum Gasteiger partial charge on any atom is -0.479 e. The highest BCUT2D eigenvalue weighted by Gasteiger charge is 2.14. The third-order valence-electron chi connectivity index (χ3n) is 4.97. The molecule has 7 nitrogen and oxygen atoms in total. The van der Waals surface area contributed by atoms with Crippen LogP contribution < -0.4 is 10.1 Å². The summed E-state index contributed by atoms with van der Waals surface area (Å²) in [6.07, 6.45) is 3.63. The van der Waals surface area contributed by atoms with Crippen LogP contribution in [0.25, 0.3) is 17.1 Å². The van der Waals surface area contributed by atoms with Gasteiger partial charge in [-0.15, -0.1) is 10.2 Å². The molecule has 0 spiro atoms. The smallest absolute Gasteiger partial charge is 0.238 e. The van der Waals surface area contributed by atoms with E-state index in [9.17, 15) is 4.39 Å². The van der Waals surface area contributed by atoms with Crippen LogP contribution in [0.2, 0.25) is 0 Å². The summed E-state index contributed by atoms with van der Waals surface area (Å²) < 4.78 is 20.9. The number of ether oxygens (including phenoxy) is 1. The van der Waals surface area contributed by atoms with Crippen LogP contribution in [0.3, 0.4) is 0 Å². The SMILES string of the molecule is COc1nc(-c2cc(C)c(N[C@@H](C)c3cccc(F)c3)nn2)ccc1-n1cnc(C)c1. The van der Waals surface area contributed by atoms with Gasteiger partial charge in [0.2, 0.25) is 5.88 Å². The van der Waals surface area contributed by atoms with E-state index in [1.54, 1.807) is 19.5 Å². The summed E-state index contributed by atoms with van der Waals surface area (Å²) in [5.41, 5.74) is 4.72. The second-order valence-corrected chi connectivity index (χ2v) is 7.33. The number of halogens is 1. The van der Waals surface area contributed by atoms with Crippen LogP contribution in [0.5, 0.6) is 5.88 Å². The van der Waals surface area contributed by atoms with Gasteiger partial charge in [0.05, 0.1) is 30.9 Å². The first-order valence-electron chi connectivity index (χ1n) is 9.87. The van der Waals surface area contributed by atoms with Crippen molar-refractivity contribution in [2.75, 3.05) is 12.4 Å². The summed E-state index contributed by atoms with van der Waals surface area (Å²) in [6, 6.07) is 12.1. The number of nitrogens with one attached hydrogen (secondary N) is 1. The predicted octanol–water partition coefficient (Wildman–Crippen LogP) is 4.66. The molecule has 158 valence electrons. The van der Waals surface area contributed by atoms with Crippen LogP contribution in [0.15, 0.2) is 55.0 Å². The van der Waals surface area contributed by atoms with Crippen molar-refractivity contribution in [1.29, 1.82) is 0 Å². The van der Waals surface area contributed by atoms with Gasteiger partial charge < -0.3 is 14.6 Å². The third-order valence-corrected chi connectivity index (χ3v) is 4.97. The molecule has 4 rings (SSSR count). The lowest BCUT2D eigenvalue weighted by atomic mass is 10.1. The van der Waals surface area contributed by atoms with E-state index in [0.29, 0.717) is 23.1 Å². The molecule has 0 saturated heterocycles. The number of nitrogens with zero attached hydrogens (tertiary/aromatic N) is 5. The first kappa shape index (κ1) is 20.5. The van der Waals surface area contributed by atoms with E-state index in [-0.39, 0.29) is 11.9 Å². The quantitative estimate of drug-likeness (QED) is 0.491. The fourth-order valence-corrected chi connectivity index (χ4v) is 3.29. The zero-order chi connectivity index (χ0) is 22.0. The lowest BCUT2D eigenvalue weighted by molar-refractivity contribution is 0.396. The minimum absolute atomic E-state index is 0.120. The normalized spacial score (nSPS) is 11.9. The zero-order valence-electron chi connectivity index (χ0n) is 17.8. The number of rotatable bonds is 6. The van der Waals surface area contributed by atoms with Gasteiger partial charge in [0.1, 0.15) is 17.2 Å². The first-order chi connectivity index (χ1) is 14.9. The average Bonchev–Trinajstić information content (AvgIpc) is 3.20. The highest BCUT2D eigenvalue weighted by atomic mass is 19.1. The van der Waals surface area contributed by atoms with E-state index in [4.69, 9.17) is 4.74 Å². The topological polar surface area (TPSA) is 77.8 Å². The molecule has 31 heavy (non-hydrogen) atoms. The van der Waals surface area contributed by atoms with Gasteiger partial charge in [-0.05, 0) is 62.2 Å². The van der Waals surface area contributed by atoms with Crippen molar-refractivity contribution < 1.29 is 9.13 Å². The summed E-state index contributed by atoms with van der Waals surface area (Å²) in [5.74, 6) is 0.841. The van der Waals surface area contributed by atoms with Gasteiger partial charge in [0.25, 0.3) is 0 Å². The van der Waals surface area contributed by atoms with E-state index < -0.39 is 0 Å². The molecule has 0 saturated carbocycles. The van der Waals surface area contributed by atoms with Crippen LogP contribution in [0.1, 0.15) is 29.8 Å². The molecule has 0 radical (unpaired) electrons. The van der Waals surface area contributed by atoms with Crippen LogP contribution in [0.4, 0.5) is 10.2 Å². The molecule has 1 aromatic carbocycles. The molecule has 0 fully saturated rings. The van der Waals surface area contributed by atoms with Gasteiger partial charge in [-0.2, -0.15) is 0 Å². The number of anilines is 1. The van der Waals surface area contributed by atoms with Crippen molar-refractivity contribution in [3.05, 3.63) is 77.6 Å². The molecule has 0 aliphatic rings. The second-order valence-electron chi connectivity index (χ2n) is 7.33. The molecule has 4 aromatic rings. The van der Waals surface area contributed by atoms with Crippen molar-refractivity contribution in [2.24, 2.45) is 0 Å². The Labute approximate surface area is 180 Å². The Balaban J connectivity index is 1.59. The highest BCUT2D eigenvalue weighted by molar-refractivity contribution is 5.61. The van der Waals surface area contributed by atoms with Gasteiger partial charge in [-0.3, -0.25) is 0 Å². The number of methoxy groups -OCH3 is 1. The highest BCUT2D eigenvalue weighted by Crippen LogP contribution is 2.27. The molecule has 8 heteroatoms. The van der Waals surface area contributed by atoms with Gasteiger partial charge in [-0.25, -0.2) is 14.4 Å². The largest absolute Gasteiger partial charge is 0.479 e. The van der Waals surface area contributed by atoms with E-state index in [0.717, 1.165) is 22.5 Å². The Morgan fingerprint density at radius 2 is 1.90 bits per heavy atom. The van der Waals surface area contributed by atoms with Crippen molar-refractivity contribution in [3.63, 3.8) is 0 Å². The Hall–Kier alpha value is -3.81. The molecule has 0 unspecified atom stereocenters.